The van der Waals surface area contributed by atoms with Crippen LogP contribution in [0.3, 0.4) is 0 Å². The van der Waals surface area contributed by atoms with Crippen LogP contribution in [0.2, 0.25) is 0 Å². The molecule has 0 aliphatic heterocycles. The summed E-state index contributed by atoms with van der Waals surface area (Å²) in [4.78, 5) is 0. The molecule has 1 heterocycles. The molecule has 86 valence electrons. The number of hydrogen-bond acceptors (Lipinski definition) is 1. The van der Waals surface area contributed by atoms with Crippen molar-refractivity contribution in [1.29, 1.82) is 0 Å². The molecule has 0 unspecified atom stereocenters. The topological polar surface area (TPSA) is 4.93 Å². The van der Waals surface area contributed by atoms with Crippen LogP contribution in [-0.4, -0.2) is 10.8 Å². The quantitative estimate of drug-likeness (QED) is 0.761. The Bertz CT molecular complexity index is 497. The Morgan fingerprint density at radius 3 is 2.62 bits per heavy atom. The predicted molar refractivity (Wildman–Crippen MR) is 74.3 cm³/mol. The van der Waals surface area contributed by atoms with Crippen LogP contribution >= 0.6 is 11.8 Å². The van der Waals surface area contributed by atoms with E-state index in [1.807, 2.05) is 11.8 Å². The van der Waals surface area contributed by atoms with Crippen LogP contribution in [0.5, 0.6) is 0 Å². The van der Waals surface area contributed by atoms with Crippen molar-refractivity contribution in [2.24, 2.45) is 0 Å². The molecule has 2 heteroatoms. The van der Waals surface area contributed by atoms with E-state index in [9.17, 15) is 0 Å². The molecule has 1 aromatic heterocycles. The highest BCUT2D eigenvalue weighted by atomic mass is 32.2. The van der Waals surface area contributed by atoms with Crippen molar-refractivity contribution in [2.45, 2.75) is 32.6 Å². The normalized spacial score (nSPS) is 11.6. The molecule has 2 rings (SSSR count). The number of hydrogen-bond donors (Lipinski definition) is 0. The molecule has 0 saturated heterocycles. The molecule has 0 radical (unpaired) electrons. The minimum absolute atomic E-state index is 0.530. The smallest absolute Gasteiger partial charge is 0.0485 e. The van der Waals surface area contributed by atoms with E-state index in [4.69, 9.17) is 0 Å². The van der Waals surface area contributed by atoms with Crippen molar-refractivity contribution in [2.75, 3.05) is 6.26 Å². The van der Waals surface area contributed by atoms with Crippen LogP contribution in [0.25, 0.3) is 10.9 Å². The first-order valence-electron chi connectivity index (χ1n) is 5.73. The van der Waals surface area contributed by atoms with E-state index in [0.29, 0.717) is 6.04 Å². The van der Waals surface area contributed by atoms with Gasteiger partial charge in [-0.05, 0) is 45.2 Å². The van der Waals surface area contributed by atoms with Gasteiger partial charge >= 0.3 is 0 Å². The van der Waals surface area contributed by atoms with Gasteiger partial charge in [-0.2, -0.15) is 11.8 Å². The lowest BCUT2D eigenvalue weighted by Crippen LogP contribution is -2.04. The molecule has 2 aromatic rings. The van der Waals surface area contributed by atoms with E-state index < -0.39 is 0 Å². The van der Waals surface area contributed by atoms with Gasteiger partial charge in [-0.25, -0.2) is 0 Å². The van der Waals surface area contributed by atoms with Gasteiger partial charge in [0.1, 0.15) is 0 Å². The van der Waals surface area contributed by atoms with Crippen LogP contribution in [0.15, 0.2) is 24.3 Å². The largest absolute Gasteiger partial charge is 0.341 e. The fourth-order valence-electron chi connectivity index (χ4n) is 2.28. The summed E-state index contributed by atoms with van der Waals surface area (Å²) in [5.41, 5.74) is 4.14. The second-order valence-corrected chi connectivity index (χ2v) is 5.46. The van der Waals surface area contributed by atoms with Crippen molar-refractivity contribution in [3.05, 3.63) is 35.5 Å². The Morgan fingerprint density at radius 2 is 2.00 bits per heavy atom. The third kappa shape index (κ3) is 1.99. The van der Waals surface area contributed by atoms with Gasteiger partial charge in [-0.15, -0.1) is 0 Å². The highest BCUT2D eigenvalue weighted by molar-refractivity contribution is 7.97. The molecule has 0 fully saturated rings. The van der Waals surface area contributed by atoms with Crippen LogP contribution in [0.4, 0.5) is 0 Å². The molecule has 0 atom stereocenters. The first-order valence-corrected chi connectivity index (χ1v) is 7.12. The van der Waals surface area contributed by atoms with Gasteiger partial charge in [0.2, 0.25) is 0 Å². The molecule has 1 aromatic carbocycles. The van der Waals surface area contributed by atoms with Crippen molar-refractivity contribution in [3.63, 3.8) is 0 Å². The zero-order chi connectivity index (χ0) is 11.7. The molecule has 0 aliphatic carbocycles. The lowest BCUT2D eigenvalue weighted by Gasteiger charge is -2.14. The number of aryl methyl sites for hydroxylation is 1. The minimum Gasteiger partial charge on any atom is -0.341 e. The number of thioether (sulfide) groups is 1. The van der Waals surface area contributed by atoms with E-state index in [1.165, 1.54) is 22.2 Å². The van der Waals surface area contributed by atoms with Gasteiger partial charge in [-0.3, -0.25) is 0 Å². The monoisotopic (exact) mass is 233 g/mol. The van der Waals surface area contributed by atoms with Gasteiger partial charge in [0.15, 0.2) is 0 Å². The lowest BCUT2D eigenvalue weighted by atomic mass is 10.2. The Kier molecular flexibility index (Phi) is 3.29. The summed E-state index contributed by atoms with van der Waals surface area (Å²) >= 11 is 1.88. The summed E-state index contributed by atoms with van der Waals surface area (Å²) in [5.74, 6) is 1.09. The average molecular weight is 233 g/mol. The van der Waals surface area contributed by atoms with E-state index in [2.05, 4.69) is 55.9 Å². The number of aromatic nitrogens is 1. The summed E-state index contributed by atoms with van der Waals surface area (Å²) < 4.78 is 2.45. The average Bonchev–Trinajstić information content (AvgIpc) is 2.55. The fourth-order valence-corrected chi connectivity index (χ4v) is 2.80. The van der Waals surface area contributed by atoms with E-state index in [-0.39, 0.29) is 0 Å². The molecule has 0 saturated carbocycles. The number of rotatable bonds is 3. The van der Waals surface area contributed by atoms with Crippen LogP contribution < -0.4 is 0 Å². The van der Waals surface area contributed by atoms with E-state index in [0.717, 1.165) is 5.75 Å². The SMILES string of the molecule is CSCc1cc2cc(C)ccc2n1C(C)C. The first kappa shape index (κ1) is 11.6. The van der Waals surface area contributed by atoms with Gasteiger partial charge in [0.25, 0.3) is 0 Å². The Labute approximate surface area is 102 Å². The first-order chi connectivity index (χ1) is 7.63. The second kappa shape index (κ2) is 4.54. The summed E-state index contributed by atoms with van der Waals surface area (Å²) in [6.45, 7) is 6.66. The van der Waals surface area contributed by atoms with E-state index in [1.54, 1.807) is 0 Å². The summed E-state index contributed by atoms with van der Waals surface area (Å²) in [6.07, 6.45) is 2.16. The zero-order valence-electron chi connectivity index (χ0n) is 10.4. The van der Waals surface area contributed by atoms with Crippen molar-refractivity contribution >= 4 is 22.7 Å². The van der Waals surface area contributed by atoms with Crippen LogP contribution in [0, 0.1) is 6.92 Å². The summed E-state index contributed by atoms with van der Waals surface area (Å²) in [6, 6.07) is 9.58. The van der Waals surface area contributed by atoms with Crippen molar-refractivity contribution in [3.8, 4) is 0 Å². The van der Waals surface area contributed by atoms with Crippen molar-refractivity contribution < 1.29 is 0 Å². The molecule has 0 N–H and O–H groups in total. The standard InChI is InChI=1S/C14H19NS/c1-10(2)15-13(9-16-4)8-12-7-11(3)5-6-14(12)15/h5-8,10H,9H2,1-4H3. The number of fused-ring (bicyclic) bond motifs is 1. The summed E-state index contributed by atoms with van der Waals surface area (Å²) in [5, 5.41) is 1.37. The van der Waals surface area contributed by atoms with Crippen molar-refractivity contribution in [1.82, 2.24) is 4.57 Å². The number of nitrogens with zero attached hydrogens (tertiary/aromatic N) is 1. The van der Waals surface area contributed by atoms with Gasteiger partial charge in [0.05, 0.1) is 0 Å². The molecule has 0 aliphatic rings. The maximum absolute atomic E-state index is 2.45. The van der Waals surface area contributed by atoms with E-state index >= 15 is 0 Å². The highest BCUT2D eigenvalue weighted by Crippen LogP contribution is 2.27. The Hall–Kier alpha value is -0.890. The van der Waals surface area contributed by atoms with Gasteiger partial charge in [-0.1, -0.05) is 11.6 Å². The molecular weight excluding hydrogens is 214 g/mol. The third-order valence-corrected chi connectivity index (χ3v) is 3.47. The lowest BCUT2D eigenvalue weighted by molar-refractivity contribution is 0.606. The molecule has 1 nitrogen and oxygen atoms in total. The molecule has 0 bridgehead atoms. The van der Waals surface area contributed by atoms with Gasteiger partial charge in [0, 0.05) is 28.4 Å². The van der Waals surface area contributed by atoms with Gasteiger partial charge < -0.3 is 4.57 Å². The second-order valence-electron chi connectivity index (χ2n) is 4.59. The molecular formula is C14H19NS. The highest BCUT2D eigenvalue weighted by Gasteiger charge is 2.10. The summed E-state index contributed by atoms with van der Waals surface area (Å²) in [7, 11) is 0. The third-order valence-electron chi connectivity index (χ3n) is 2.88. The van der Waals surface area contributed by atoms with Crippen LogP contribution in [0.1, 0.15) is 31.1 Å². The zero-order valence-corrected chi connectivity index (χ0v) is 11.3. The minimum atomic E-state index is 0.530. The molecule has 16 heavy (non-hydrogen) atoms. The maximum Gasteiger partial charge on any atom is 0.0485 e. The van der Waals surface area contributed by atoms with Crippen LogP contribution in [-0.2, 0) is 5.75 Å². The Morgan fingerprint density at radius 1 is 1.25 bits per heavy atom. The fraction of sp³-hybridized carbons (Fsp3) is 0.429. The predicted octanol–water partition coefficient (Wildman–Crippen LogP) is 4.39. The molecule has 0 spiro atoms. The maximum atomic E-state index is 2.45. The Balaban J connectivity index is 2.65. The molecule has 0 amide bonds. The number of benzene rings is 1.